The zero-order chi connectivity index (χ0) is 11.3. The van der Waals surface area contributed by atoms with E-state index in [1.807, 2.05) is 13.8 Å². The first-order valence-electron chi connectivity index (χ1n) is 5.67. The molecule has 1 saturated heterocycles. The number of nitrogens with one attached hydrogen (secondary N) is 1. The highest BCUT2D eigenvalue weighted by molar-refractivity contribution is 5.77. The third kappa shape index (κ3) is 3.80. The van der Waals surface area contributed by atoms with Gasteiger partial charge in [0.1, 0.15) is 0 Å². The molecule has 0 radical (unpaired) electrons. The van der Waals surface area contributed by atoms with Crippen molar-refractivity contribution < 1.29 is 9.53 Å². The van der Waals surface area contributed by atoms with Crippen LogP contribution >= 0.6 is 0 Å². The highest BCUT2D eigenvalue weighted by Crippen LogP contribution is 2.19. The maximum atomic E-state index is 11.7. The second-order valence-electron chi connectivity index (χ2n) is 4.74. The van der Waals surface area contributed by atoms with Crippen LogP contribution in [0.3, 0.4) is 0 Å². The van der Waals surface area contributed by atoms with Crippen LogP contribution in [0.15, 0.2) is 0 Å². The summed E-state index contributed by atoms with van der Waals surface area (Å²) in [7, 11) is 0. The summed E-state index contributed by atoms with van der Waals surface area (Å²) >= 11 is 0. The molecule has 0 aromatic heterocycles. The van der Waals surface area contributed by atoms with Crippen LogP contribution in [-0.2, 0) is 9.53 Å². The molecule has 4 heteroatoms. The quantitative estimate of drug-likeness (QED) is 0.722. The smallest absolute Gasteiger partial charge is 0.220 e. The Kier molecular flexibility index (Phi) is 4.54. The first-order valence-corrected chi connectivity index (χ1v) is 5.67. The summed E-state index contributed by atoms with van der Waals surface area (Å²) in [5.41, 5.74) is 5.53. The number of amides is 1. The summed E-state index contributed by atoms with van der Waals surface area (Å²) in [4.78, 5) is 11.7. The number of hydrogen-bond donors (Lipinski definition) is 2. The molecule has 15 heavy (non-hydrogen) atoms. The van der Waals surface area contributed by atoms with Crippen LogP contribution in [0.2, 0.25) is 0 Å². The molecule has 1 amide bonds. The van der Waals surface area contributed by atoms with Crippen molar-refractivity contribution in [3.63, 3.8) is 0 Å². The molecular formula is C11H22N2O2. The number of carbonyl (C=O) groups is 1. The number of hydrogen-bond acceptors (Lipinski definition) is 3. The van der Waals surface area contributed by atoms with E-state index >= 15 is 0 Å². The maximum absolute atomic E-state index is 11.7. The topological polar surface area (TPSA) is 64.4 Å². The van der Waals surface area contributed by atoms with E-state index < -0.39 is 0 Å². The normalized spacial score (nSPS) is 20.3. The predicted octanol–water partition coefficient (Wildman–Crippen LogP) is 0.657. The Morgan fingerprint density at radius 1 is 1.47 bits per heavy atom. The van der Waals surface area contributed by atoms with Gasteiger partial charge in [-0.25, -0.2) is 0 Å². The molecule has 1 rings (SSSR count). The zero-order valence-corrected chi connectivity index (χ0v) is 9.71. The van der Waals surface area contributed by atoms with E-state index in [4.69, 9.17) is 10.5 Å². The van der Waals surface area contributed by atoms with Crippen LogP contribution in [-0.4, -0.2) is 31.2 Å². The fourth-order valence-electron chi connectivity index (χ4n) is 1.86. The Labute approximate surface area is 91.5 Å². The zero-order valence-electron chi connectivity index (χ0n) is 9.71. The molecule has 0 aromatic rings. The van der Waals surface area contributed by atoms with Gasteiger partial charge in [0.25, 0.3) is 0 Å². The van der Waals surface area contributed by atoms with E-state index in [1.165, 1.54) is 0 Å². The molecule has 4 nitrogen and oxygen atoms in total. The predicted molar refractivity (Wildman–Crippen MR) is 59.4 cm³/mol. The highest BCUT2D eigenvalue weighted by Gasteiger charge is 2.32. The van der Waals surface area contributed by atoms with Gasteiger partial charge in [-0.1, -0.05) is 13.8 Å². The third-order valence-electron chi connectivity index (χ3n) is 2.84. The molecule has 0 spiro atoms. The lowest BCUT2D eigenvalue weighted by molar-refractivity contribution is -0.124. The largest absolute Gasteiger partial charge is 0.381 e. The van der Waals surface area contributed by atoms with Crippen LogP contribution in [0.4, 0.5) is 0 Å². The van der Waals surface area contributed by atoms with Crippen molar-refractivity contribution in [2.45, 2.75) is 38.6 Å². The van der Waals surface area contributed by atoms with E-state index in [-0.39, 0.29) is 11.4 Å². The minimum Gasteiger partial charge on any atom is -0.381 e. The number of ether oxygens (including phenoxy) is 1. The van der Waals surface area contributed by atoms with Crippen molar-refractivity contribution in [1.82, 2.24) is 5.32 Å². The Hall–Kier alpha value is -0.610. The van der Waals surface area contributed by atoms with Crippen molar-refractivity contribution >= 4 is 5.91 Å². The SMILES string of the molecule is CC(C)CC(=O)NC1(CN)CCOCC1. The summed E-state index contributed by atoms with van der Waals surface area (Å²) in [5.74, 6) is 0.497. The van der Waals surface area contributed by atoms with Gasteiger partial charge in [-0.2, -0.15) is 0 Å². The maximum Gasteiger partial charge on any atom is 0.220 e. The number of rotatable bonds is 4. The van der Waals surface area contributed by atoms with E-state index in [9.17, 15) is 4.79 Å². The Balaban J connectivity index is 2.47. The van der Waals surface area contributed by atoms with Gasteiger partial charge in [0, 0.05) is 26.2 Å². The fourth-order valence-corrected chi connectivity index (χ4v) is 1.86. The van der Waals surface area contributed by atoms with E-state index in [0.717, 1.165) is 12.8 Å². The van der Waals surface area contributed by atoms with Gasteiger partial charge in [0.2, 0.25) is 5.91 Å². The first kappa shape index (κ1) is 12.5. The summed E-state index contributed by atoms with van der Waals surface area (Å²) in [5, 5.41) is 3.07. The third-order valence-corrected chi connectivity index (χ3v) is 2.84. The monoisotopic (exact) mass is 214 g/mol. The molecule has 88 valence electrons. The van der Waals surface area contributed by atoms with Gasteiger partial charge in [-0.15, -0.1) is 0 Å². The average Bonchev–Trinajstić information content (AvgIpc) is 2.17. The molecule has 0 aliphatic carbocycles. The first-order chi connectivity index (χ1) is 7.08. The van der Waals surface area contributed by atoms with Crippen molar-refractivity contribution in [2.24, 2.45) is 11.7 Å². The Bertz CT molecular complexity index is 211. The molecule has 0 atom stereocenters. The van der Waals surface area contributed by atoms with Gasteiger partial charge in [0.05, 0.1) is 5.54 Å². The lowest BCUT2D eigenvalue weighted by atomic mass is 9.89. The lowest BCUT2D eigenvalue weighted by Gasteiger charge is -2.37. The van der Waals surface area contributed by atoms with Crippen LogP contribution in [0.5, 0.6) is 0 Å². The van der Waals surface area contributed by atoms with Crippen LogP contribution < -0.4 is 11.1 Å². The molecule has 1 fully saturated rings. The van der Waals surface area contributed by atoms with Crippen LogP contribution in [0.25, 0.3) is 0 Å². The minimum atomic E-state index is -0.218. The summed E-state index contributed by atoms with van der Waals surface area (Å²) in [6, 6.07) is 0. The van der Waals surface area contributed by atoms with Crippen molar-refractivity contribution in [1.29, 1.82) is 0 Å². The summed E-state index contributed by atoms with van der Waals surface area (Å²) < 4.78 is 5.28. The summed E-state index contributed by atoms with van der Waals surface area (Å²) in [6.07, 6.45) is 2.23. The van der Waals surface area contributed by atoms with Crippen molar-refractivity contribution in [2.75, 3.05) is 19.8 Å². The van der Waals surface area contributed by atoms with E-state index in [2.05, 4.69) is 5.32 Å². The van der Waals surface area contributed by atoms with Gasteiger partial charge in [-0.3, -0.25) is 4.79 Å². The lowest BCUT2D eigenvalue weighted by Crippen LogP contribution is -2.56. The molecule has 0 bridgehead atoms. The molecule has 0 unspecified atom stereocenters. The van der Waals surface area contributed by atoms with Gasteiger partial charge in [-0.05, 0) is 18.8 Å². The molecule has 1 aliphatic heterocycles. The Morgan fingerprint density at radius 3 is 2.53 bits per heavy atom. The minimum absolute atomic E-state index is 0.109. The van der Waals surface area contributed by atoms with Crippen LogP contribution in [0.1, 0.15) is 33.1 Å². The standard InChI is InChI=1S/C11H22N2O2/c1-9(2)7-10(14)13-11(8-12)3-5-15-6-4-11/h9H,3-8,12H2,1-2H3,(H,13,14). The number of carbonyl (C=O) groups excluding carboxylic acids is 1. The fraction of sp³-hybridized carbons (Fsp3) is 0.909. The highest BCUT2D eigenvalue weighted by atomic mass is 16.5. The van der Waals surface area contributed by atoms with Crippen LogP contribution in [0, 0.1) is 5.92 Å². The van der Waals surface area contributed by atoms with E-state index in [0.29, 0.717) is 32.1 Å². The average molecular weight is 214 g/mol. The van der Waals surface area contributed by atoms with Gasteiger partial charge in [0.15, 0.2) is 0 Å². The second-order valence-corrected chi connectivity index (χ2v) is 4.74. The van der Waals surface area contributed by atoms with Gasteiger partial charge < -0.3 is 15.8 Å². The molecule has 1 heterocycles. The molecular weight excluding hydrogens is 192 g/mol. The molecule has 3 N–H and O–H groups in total. The summed E-state index contributed by atoms with van der Waals surface area (Å²) in [6.45, 7) is 5.97. The molecule has 0 aromatic carbocycles. The Morgan fingerprint density at radius 2 is 2.07 bits per heavy atom. The van der Waals surface area contributed by atoms with E-state index in [1.54, 1.807) is 0 Å². The van der Waals surface area contributed by atoms with Gasteiger partial charge >= 0.3 is 0 Å². The van der Waals surface area contributed by atoms with Crippen molar-refractivity contribution in [3.8, 4) is 0 Å². The molecule has 0 saturated carbocycles. The second kappa shape index (κ2) is 5.47. The molecule has 1 aliphatic rings. The van der Waals surface area contributed by atoms with Crippen molar-refractivity contribution in [3.05, 3.63) is 0 Å². The number of nitrogens with two attached hydrogens (primary N) is 1.